The Morgan fingerprint density at radius 3 is 3.00 bits per heavy atom. The maximum Gasteiger partial charge on any atom is 0.202 e. The number of hydrogen-bond donors (Lipinski definition) is 0. The van der Waals surface area contributed by atoms with Gasteiger partial charge in [-0.25, -0.2) is 0 Å². The Kier molecular flexibility index (Phi) is 6.14. The van der Waals surface area contributed by atoms with Crippen LogP contribution in [-0.2, 0) is 4.79 Å². The lowest BCUT2D eigenvalue weighted by atomic mass is 10.1. The lowest BCUT2D eigenvalue weighted by Gasteiger charge is -1.94. The van der Waals surface area contributed by atoms with Gasteiger partial charge in [0.2, 0.25) is 5.78 Å². The first-order chi connectivity index (χ1) is 8.18. The number of halogens is 1. The number of allylic oxidation sites excluding steroid dienone is 1. The van der Waals surface area contributed by atoms with E-state index in [1.807, 2.05) is 30.3 Å². The van der Waals surface area contributed by atoms with Crippen molar-refractivity contribution in [2.24, 2.45) is 0 Å². The number of unbranched alkanes of at least 4 members (excludes halogenated alkanes) is 2. The van der Waals surface area contributed by atoms with Crippen LogP contribution in [0.25, 0.3) is 6.08 Å². The summed E-state index contributed by atoms with van der Waals surface area (Å²) in [5.74, 6) is 5.30. The van der Waals surface area contributed by atoms with Gasteiger partial charge in [0.15, 0.2) is 0 Å². The quantitative estimate of drug-likeness (QED) is 0.444. The third-order valence-electron chi connectivity index (χ3n) is 2.10. The second kappa shape index (κ2) is 7.70. The molecule has 0 N–H and O–H groups in total. The summed E-state index contributed by atoms with van der Waals surface area (Å²) in [7, 11) is 0. The largest absolute Gasteiger partial charge is 0.285 e. The van der Waals surface area contributed by atoms with E-state index in [0.717, 1.165) is 29.8 Å². The molecule has 0 heterocycles. The number of rotatable bonds is 4. The second-order valence-electron chi connectivity index (χ2n) is 3.71. The van der Waals surface area contributed by atoms with E-state index in [1.165, 1.54) is 6.92 Å². The van der Waals surface area contributed by atoms with Crippen molar-refractivity contribution in [2.75, 3.05) is 0 Å². The summed E-state index contributed by atoms with van der Waals surface area (Å²) in [6.45, 7) is 1.48. The molecule has 0 fully saturated rings. The van der Waals surface area contributed by atoms with E-state index in [4.69, 9.17) is 11.6 Å². The van der Waals surface area contributed by atoms with Crippen LogP contribution in [0.4, 0.5) is 0 Å². The normalized spacial score (nSPS) is 10.0. The number of Topliss-reactive ketones (excluding diaryl/α,β-unsaturated/α-hetero) is 1. The van der Waals surface area contributed by atoms with Crippen molar-refractivity contribution < 1.29 is 4.79 Å². The summed E-state index contributed by atoms with van der Waals surface area (Å²) >= 11 is 5.87. The van der Waals surface area contributed by atoms with Crippen molar-refractivity contribution in [3.63, 3.8) is 0 Å². The standard InChI is InChI=1S/C15H15ClO/c1-13(17)8-5-3-2-4-6-9-14-10-7-11-15(16)12-14/h6-7,9-12H,2-4H2,1H3. The zero-order chi connectivity index (χ0) is 12.5. The fraction of sp³-hybridized carbons (Fsp3) is 0.267. The summed E-state index contributed by atoms with van der Waals surface area (Å²) in [5.41, 5.74) is 1.10. The molecule has 0 atom stereocenters. The van der Waals surface area contributed by atoms with Crippen molar-refractivity contribution in [2.45, 2.75) is 26.2 Å². The average molecular weight is 247 g/mol. The Hall–Kier alpha value is -1.52. The lowest BCUT2D eigenvalue weighted by Crippen LogP contribution is -1.80. The molecular weight excluding hydrogens is 232 g/mol. The summed E-state index contributed by atoms with van der Waals surface area (Å²) in [6.07, 6.45) is 6.83. The van der Waals surface area contributed by atoms with E-state index in [0.29, 0.717) is 0 Å². The molecule has 0 saturated carbocycles. The van der Waals surface area contributed by atoms with Gasteiger partial charge in [-0.2, -0.15) is 0 Å². The maximum absolute atomic E-state index is 10.5. The van der Waals surface area contributed by atoms with Crippen LogP contribution in [0.2, 0.25) is 5.02 Å². The molecular formula is C15H15ClO. The van der Waals surface area contributed by atoms with Gasteiger partial charge in [0.1, 0.15) is 0 Å². The van der Waals surface area contributed by atoms with Crippen molar-refractivity contribution in [3.05, 3.63) is 40.9 Å². The zero-order valence-electron chi connectivity index (χ0n) is 9.87. The number of hydrogen-bond acceptors (Lipinski definition) is 1. The van der Waals surface area contributed by atoms with Crippen LogP contribution in [0.15, 0.2) is 30.3 Å². The maximum atomic E-state index is 10.5. The predicted molar refractivity (Wildman–Crippen MR) is 72.8 cm³/mol. The molecule has 0 aliphatic rings. The van der Waals surface area contributed by atoms with Crippen molar-refractivity contribution in [3.8, 4) is 11.8 Å². The van der Waals surface area contributed by atoms with Crippen molar-refractivity contribution >= 4 is 23.5 Å². The highest BCUT2D eigenvalue weighted by atomic mass is 35.5. The highest BCUT2D eigenvalue weighted by molar-refractivity contribution is 6.30. The van der Waals surface area contributed by atoms with Crippen molar-refractivity contribution in [1.82, 2.24) is 0 Å². The molecule has 17 heavy (non-hydrogen) atoms. The summed E-state index contributed by atoms with van der Waals surface area (Å²) in [5, 5.41) is 0.750. The van der Waals surface area contributed by atoms with Crippen LogP contribution < -0.4 is 0 Å². The minimum atomic E-state index is -0.0699. The van der Waals surface area contributed by atoms with E-state index in [2.05, 4.69) is 17.9 Å². The van der Waals surface area contributed by atoms with E-state index in [9.17, 15) is 4.79 Å². The molecule has 0 unspecified atom stereocenters. The molecule has 0 aliphatic carbocycles. The molecule has 1 aromatic carbocycles. The van der Waals surface area contributed by atoms with Crippen LogP contribution in [0.1, 0.15) is 31.7 Å². The smallest absolute Gasteiger partial charge is 0.202 e. The number of carbonyl (C=O) groups excluding carboxylic acids is 1. The predicted octanol–water partition coefficient (Wildman–Crippen LogP) is 4.12. The Labute approximate surface area is 107 Å². The van der Waals surface area contributed by atoms with Crippen molar-refractivity contribution in [1.29, 1.82) is 0 Å². The molecule has 0 radical (unpaired) electrons. The molecule has 1 aromatic rings. The molecule has 0 aliphatic heterocycles. The van der Waals surface area contributed by atoms with Gasteiger partial charge < -0.3 is 0 Å². The molecule has 0 spiro atoms. The monoisotopic (exact) mass is 246 g/mol. The number of ketones is 1. The number of benzene rings is 1. The Morgan fingerprint density at radius 2 is 2.29 bits per heavy atom. The van der Waals surface area contributed by atoms with E-state index in [1.54, 1.807) is 0 Å². The molecule has 2 heteroatoms. The van der Waals surface area contributed by atoms with Crippen LogP contribution in [-0.4, -0.2) is 5.78 Å². The molecule has 88 valence electrons. The Balaban J connectivity index is 2.28. The molecule has 1 rings (SSSR count). The van der Waals surface area contributed by atoms with Crippen LogP contribution >= 0.6 is 11.6 Å². The summed E-state index contributed by atoms with van der Waals surface area (Å²) in [4.78, 5) is 10.5. The molecule has 0 amide bonds. The van der Waals surface area contributed by atoms with E-state index < -0.39 is 0 Å². The molecule has 0 aromatic heterocycles. The minimum Gasteiger partial charge on any atom is -0.285 e. The van der Waals surface area contributed by atoms with Gasteiger partial charge in [0.25, 0.3) is 0 Å². The SMILES string of the molecule is CC(=O)C#CCCCC=Cc1cccc(Cl)c1. The molecule has 1 nitrogen and oxygen atoms in total. The topological polar surface area (TPSA) is 17.1 Å². The van der Waals surface area contributed by atoms with Gasteiger partial charge >= 0.3 is 0 Å². The third kappa shape index (κ3) is 6.60. The molecule has 0 bridgehead atoms. The highest BCUT2D eigenvalue weighted by Crippen LogP contribution is 2.12. The fourth-order valence-corrected chi connectivity index (χ4v) is 1.52. The van der Waals surface area contributed by atoms with Crippen LogP contribution in [0, 0.1) is 11.8 Å². The zero-order valence-corrected chi connectivity index (χ0v) is 10.6. The fourth-order valence-electron chi connectivity index (χ4n) is 1.32. The summed E-state index contributed by atoms with van der Waals surface area (Å²) < 4.78 is 0. The second-order valence-corrected chi connectivity index (χ2v) is 4.14. The van der Waals surface area contributed by atoms with Gasteiger partial charge in [-0.3, -0.25) is 4.79 Å². The first kappa shape index (κ1) is 13.5. The van der Waals surface area contributed by atoms with Gasteiger partial charge in [-0.05, 0) is 36.5 Å². The highest BCUT2D eigenvalue weighted by Gasteiger charge is 1.88. The summed E-state index contributed by atoms with van der Waals surface area (Å²) in [6, 6.07) is 7.72. The Morgan fingerprint density at radius 1 is 1.47 bits per heavy atom. The minimum absolute atomic E-state index is 0.0699. The van der Waals surface area contributed by atoms with Gasteiger partial charge in [-0.15, -0.1) is 0 Å². The first-order valence-corrected chi connectivity index (χ1v) is 5.98. The lowest BCUT2D eigenvalue weighted by molar-refractivity contribution is -0.111. The van der Waals surface area contributed by atoms with E-state index in [-0.39, 0.29) is 5.78 Å². The van der Waals surface area contributed by atoms with E-state index >= 15 is 0 Å². The third-order valence-corrected chi connectivity index (χ3v) is 2.33. The van der Waals surface area contributed by atoms with Crippen LogP contribution in [0.5, 0.6) is 0 Å². The first-order valence-electron chi connectivity index (χ1n) is 5.60. The molecule has 0 saturated heterocycles. The Bertz CT molecular complexity index is 463. The average Bonchev–Trinajstić information content (AvgIpc) is 2.27. The number of carbonyl (C=O) groups is 1. The van der Waals surface area contributed by atoms with Gasteiger partial charge in [0, 0.05) is 18.4 Å². The van der Waals surface area contributed by atoms with Gasteiger partial charge in [-0.1, -0.05) is 41.8 Å². The van der Waals surface area contributed by atoms with Crippen LogP contribution in [0.3, 0.4) is 0 Å². The van der Waals surface area contributed by atoms with Gasteiger partial charge in [0.05, 0.1) is 0 Å².